The highest BCUT2D eigenvalue weighted by Crippen LogP contribution is 2.34. The zero-order valence-corrected chi connectivity index (χ0v) is 8.34. The molecular weight excluding hydrogens is 200 g/mol. The average Bonchev–Trinajstić information content (AvgIpc) is 2.26. The Bertz CT molecular complexity index is 371. The standard InChI is InChI=1S/C11H11F2NO/c1-15-10-5-2-4-9(8-10)11(12,13)6-3-7-14/h2,4-5,8H,3,6H2,1H3. The second-order valence-electron chi connectivity index (χ2n) is 3.09. The quantitative estimate of drug-likeness (QED) is 0.766. The van der Waals surface area contributed by atoms with Crippen LogP contribution in [0.5, 0.6) is 5.75 Å². The van der Waals surface area contributed by atoms with Crippen molar-refractivity contribution < 1.29 is 13.5 Å². The Hall–Kier alpha value is -1.63. The summed E-state index contributed by atoms with van der Waals surface area (Å²) < 4.78 is 31.8. The van der Waals surface area contributed by atoms with E-state index in [2.05, 4.69) is 0 Å². The van der Waals surface area contributed by atoms with Crippen molar-refractivity contribution in [2.24, 2.45) is 0 Å². The first-order valence-electron chi connectivity index (χ1n) is 4.49. The van der Waals surface area contributed by atoms with E-state index in [-0.39, 0.29) is 12.0 Å². The summed E-state index contributed by atoms with van der Waals surface area (Å²) in [6, 6.07) is 7.44. The first-order valence-corrected chi connectivity index (χ1v) is 4.49. The van der Waals surface area contributed by atoms with Gasteiger partial charge in [0.1, 0.15) is 5.75 Å². The number of ether oxygens (including phenoxy) is 1. The molecule has 0 saturated carbocycles. The third kappa shape index (κ3) is 2.91. The number of hydrogen-bond donors (Lipinski definition) is 0. The summed E-state index contributed by atoms with van der Waals surface area (Å²) in [4.78, 5) is 0. The summed E-state index contributed by atoms with van der Waals surface area (Å²) in [7, 11) is 1.42. The Labute approximate surface area is 87.1 Å². The number of rotatable bonds is 4. The Morgan fingerprint density at radius 2 is 2.20 bits per heavy atom. The molecule has 0 aromatic heterocycles. The lowest BCUT2D eigenvalue weighted by Gasteiger charge is -2.15. The molecule has 0 aliphatic rings. The van der Waals surface area contributed by atoms with Crippen molar-refractivity contribution in [2.75, 3.05) is 7.11 Å². The van der Waals surface area contributed by atoms with Gasteiger partial charge in [-0.1, -0.05) is 12.1 Å². The lowest BCUT2D eigenvalue weighted by Crippen LogP contribution is -2.12. The summed E-state index contributed by atoms with van der Waals surface area (Å²) in [5.74, 6) is -2.58. The molecule has 0 fully saturated rings. The fourth-order valence-electron chi connectivity index (χ4n) is 1.21. The fraction of sp³-hybridized carbons (Fsp3) is 0.364. The predicted molar refractivity (Wildman–Crippen MR) is 51.7 cm³/mol. The lowest BCUT2D eigenvalue weighted by atomic mass is 10.0. The normalized spacial score (nSPS) is 10.8. The second-order valence-corrected chi connectivity index (χ2v) is 3.09. The van der Waals surface area contributed by atoms with Crippen LogP contribution < -0.4 is 4.74 Å². The van der Waals surface area contributed by atoms with Crippen LogP contribution >= 0.6 is 0 Å². The Morgan fingerprint density at radius 1 is 1.47 bits per heavy atom. The summed E-state index contributed by atoms with van der Waals surface area (Å²) in [6.07, 6.45) is -0.624. The van der Waals surface area contributed by atoms with Gasteiger partial charge in [-0.3, -0.25) is 0 Å². The van der Waals surface area contributed by atoms with Crippen LogP contribution in [0.25, 0.3) is 0 Å². The maximum absolute atomic E-state index is 13.5. The van der Waals surface area contributed by atoms with Crippen molar-refractivity contribution in [3.8, 4) is 11.8 Å². The molecule has 0 bridgehead atoms. The first kappa shape index (κ1) is 11.4. The van der Waals surface area contributed by atoms with E-state index in [1.54, 1.807) is 12.1 Å². The molecule has 0 spiro atoms. The van der Waals surface area contributed by atoms with Gasteiger partial charge in [0.2, 0.25) is 0 Å². The molecule has 0 aliphatic heterocycles. The van der Waals surface area contributed by atoms with Gasteiger partial charge in [-0.25, -0.2) is 8.78 Å². The maximum Gasteiger partial charge on any atom is 0.274 e. The molecule has 0 N–H and O–H groups in total. The molecule has 0 atom stereocenters. The summed E-state index contributed by atoms with van der Waals surface area (Å²) in [6.45, 7) is 0. The molecule has 80 valence electrons. The number of benzene rings is 1. The number of hydrogen-bond acceptors (Lipinski definition) is 2. The second kappa shape index (κ2) is 4.74. The van der Waals surface area contributed by atoms with Gasteiger partial charge in [-0.15, -0.1) is 0 Å². The number of methoxy groups -OCH3 is 1. The molecule has 1 aromatic carbocycles. The van der Waals surface area contributed by atoms with E-state index < -0.39 is 12.3 Å². The molecular formula is C11H11F2NO. The first-order chi connectivity index (χ1) is 7.10. The number of nitrogens with zero attached hydrogens (tertiary/aromatic N) is 1. The van der Waals surface area contributed by atoms with Crippen LogP contribution in [0.2, 0.25) is 0 Å². The summed E-state index contributed by atoms with van der Waals surface area (Å²) >= 11 is 0. The minimum Gasteiger partial charge on any atom is -0.497 e. The van der Waals surface area contributed by atoms with Crippen molar-refractivity contribution in [3.63, 3.8) is 0 Å². The average molecular weight is 211 g/mol. The molecule has 0 saturated heterocycles. The Kier molecular flexibility index (Phi) is 3.62. The van der Waals surface area contributed by atoms with E-state index in [0.29, 0.717) is 5.75 Å². The van der Waals surface area contributed by atoms with Crippen LogP contribution in [-0.2, 0) is 5.92 Å². The minimum atomic E-state index is -2.97. The Balaban J connectivity index is 2.89. The van der Waals surface area contributed by atoms with Crippen molar-refractivity contribution in [1.29, 1.82) is 5.26 Å². The number of alkyl halides is 2. The van der Waals surface area contributed by atoms with Gasteiger partial charge in [0.15, 0.2) is 0 Å². The highest BCUT2D eigenvalue weighted by Gasteiger charge is 2.31. The molecule has 15 heavy (non-hydrogen) atoms. The highest BCUT2D eigenvalue weighted by atomic mass is 19.3. The summed E-state index contributed by atoms with van der Waals surface area (Å²) in [5, 5.41) is 8.27. The van der Waals surface area contributed by atoms with E-state index in [0.717, 1.165) is 0 Å². The van der Waals surface area contributed by atoms with Crippen molar-refractivity contribution >= 4 is 0 Å². The van der Waals surface area contributed by atoms with E-state index in [1.165, 1.54) is 25.3 Å². The zero-order chi connectivity index (χ0) is 11.3. The number of halogens is 2. The smallest absolute Gasteiger partial charge is 0.274 e. The molecule has 1 aromatic rings. The molecule has 4 heteroatoms. The molecule has 0 heterocycles. The molecule has 0 aliphatic carbocycles. The monoisotopic (exact) mass is 211 g/mol. The van der Waals surface area contributed by atoms with Crippen LogP contribution in [0.4, 0.5) is 8.78 Å². The summed E-state index contributed by atoms with van der Waals surface area (Å²) in [5.41, 5.74) is -0.114. The van der Waals surface area contributed by atoms with E-state index >= 15 is 0 Å². The van der Waals surface area contributed by atoms with Gasteiger partial charge in [-0.05, 0) is 12.1 Å². The van der Waals surface area contributed by atoms with Crippen LogP contribution in [0.15, 0.2) is 24.3 Å². The SMILES string of the molecule is COc1cccc(C(F)(F)CCC#N)c1. The fourth-order valence-corrected chi connectivity index (χ4v) is 1.21. The highest BCUT2D eigenvalue weighted by molar-refractivity contribution is 5.31. The van der Waals surface area contributed by atoms with Crippen LogP contribution in [-0.4, -0.2) is 7.11 Å². The van der Waals surface area contributed by atoms with Crippen LogP contribution in [0.1, 0.15) is 18.4 Å². The van der Waals surface area contributed by atoms with Gasteiger partial charge >= 0.3 is 0 Å². The van der Waals surface area contributed by atoms with E-state index in [9.17, 15) is 8.78 Å². The molecule has 0 unspecified atom stereocenters. The van der Waals surface area contributed by atoms with Gasteiger partial charge in [0.25, 0.3) is 5.92 Å². The van der Waals surface area contributed by atoms with Crippen LogP contribution in [0.3, 0.4) is 0 Å². The topological polar surface area (TPSA) is 33.0 Å². The van der Waals surface area contributed by atoms with E-state index in [1.807, 2.05) is 0 Å². The van der Waals surface area contributed by atoms with E-state index in [4.69, 9.17) is 10.00 Å². The van der Waals surface area contributed by atoms with Gasteiger partial charge in [0, 0.05) is 18.4 Å². The third-order valence-electron chi connectivity index (χ3n) is 2.04. The largest absolute Gasteiger partial charge is 0.497 e. The minimum absolute atomic E-state index is 0.114. The van der Waals surface area contributed by atoms with Crippen LogP contribution in [0, 0.1) is 11.3 Å². The molecule has 0 amide bonds. The predicted octanol–water partition coefficient (Wildman–Crippen LogP) is 3.09. The van der Waals surface area contributed by atoms with Gasteiger partial charge in [-0.2, -0.15) is 5.26 Å². The van der Waals surface area contributed by atoms with Crippen molar-refractivity contribution in [1.82, 2.24) is 0 Å². The number of nitriles is 1. The zero-order valence-electron chi connectivity index (χ0n) is 8.34. The lowest BCUT2D eigenvalue weighted by molar-refractivity contribution is -0.0121. The third-order valence-corrected chi connectivity index (χ3v) is 2.04. The van der Waals surface area contributed by atoms with Gasteiger partial charge < -0.3 is 4.74 Å². The van der Waals surface area contributed by atoms with Crippen molar-refractivity contribution in [3.05, 3.63) is 29.8 Å². The van der Waals surface area contributed by atoms with Gasteiger partial charge in [0.05, 0.1) is 13.2 Å². The molecule has 2 nitrogen and oxygen atoms in total. The van der Waals surface area contributed by atoms with Crippen molar-refractivity contribution in [2.45, 2.75) is 18.8 Å². The molecule has 0 radical (unpaired) electrons. The molecule has 1 rings (SSSR count). The Morgan fingerprint density at radius 3 is 2.80 bits per heavy atom. The maximum atomic E-state index is 13.5.